The van der Waals surface area contributed by atoms with Gasteiger partial charge in [-0.2, -0.15) is 10.2 Å². The number of hydrogen-bond donors (Lipinski definition) is 1. The molecule has 4 aromatic rings. The van der Waals surface area contributed by atoms with Crippen LogP contribution in [0.3, 0.4) is 0 Å². The van der Waals surface area contributed by atoms with E-state index >= 15 is 0 Å². The molecule has 0 spiro atoms. The average molecular weight is 408 g/mol. The van der Waals surface area contributed by atoms with Gasteiger partial charge in [0.25, 0.3) is 0 Å². The van der Waals surface area contributed by atoms with Crippen LogP contribution in [0.1, 0.15) is 44.3 Å². The number of fused-ring (bicyclic) bond motifs is 1. The molecule has 30 heavy (non-hydrogen) atoms. The van der Waals surface area contributed by atoms with Crippen LogP contribution in [0.2, 0.25) is 0 Å². The lowest BCUT2D eigenvalue weighted by atomic mass is 10.1. The van der Waals surface area contributed by atoms with Gasteiger partial charge >= 0.3 is 0 Å². The Balaban J connectivity index is 1.86. The molecule has 0 amide bonds. The summed E-state index contributed by atoms with van der Waals surface area (Å²) in [6.45, 7) is 10.7. The van der Waals surface area contributed by atoms with E-state index in [2.05, 4.69) is 39.6 Å². The third kappa shape index (κ3) is 3.68. The van der Waals surface area contributed by atoms with Gasteiger partial charge in [-0.25, -0.2) is 4.98 Å². The first kappa shape index (κ1) is 19.7. The van der Waals surface area contributed by atoms with Crippen molar-refractivity contribution in [3.05, 3.63) is 35.8 Å². The van der Waals surface area contributed by atoms with E-state index in [1.807, 2.05) is 30.7 Å². The molecule has 4 rings (SSSR count). The van der Waals surface area contributed by atoms with Crippen LogP contribution >= 0.6 is 0 Å². The first-order chi connectivity index (χ1) is 14.5. The Kier molecular flexibility index (Phi) is 5.30. The summed E-state index contributed by atoms with van der Waals surface area (Å²) in [5.41, 5.74) is 4.92. The fourth-order valence-corrected chi connectivity index (χ4v) is 3.26. The number of hydrogen-bond acceptors (Lipinski definition) is 9. The van der Waals surface area contributed by atoms with Crippen molar-refractivity contribution < 1.29 is 9.15 Å². The van der Waals surface area contributed by atoms with Gasteiger partial charge < -0.3 is 14.5 Å². The number of aromatic nitrogens is 7. The fourth-order valence-electron chi connectivity index (χ4n) is 3.26. The van der Waals surface area contributed by atoms with Crippen LogP contribution in [-0.4, -0.2) is 41.8 Å². The first-order valence-corrected chi connectivity index (χ1v) is 9.85. The van der Waals surface area contributed by atoms with E-state index in [0.29, 0.717) is 30.8 Å². The molecule has 4 aromatic heterocycles. The maximum atomic E-state index is 5.66. The van der Waals surface area contributed by atoms with Crippen LogP contribution in [0.5, 0.6) is 5.88 Å². The molecule has 4 heterocycles. The van der Waals surface area contributed by atoms with Crippen LogP contribution in [0, 0.1) is 13.8 Å². The fraction of sp³-hybridized carbons (Fsp3) is 0.400. The number of ether oxygens (including phenoxy) is 1. The Hall–Kier alpha value is -3.56. The van der Waals surface area contributed by atoms with Crippen LogP contribution in [-0.2, 0) is 6.54 Å². The SMILES string of the molecule is CCOc1nnccc1-c1cc(NCc2nnc(C)o2)c2c(n1)c(C)nn2C(C)C. The summed E-state index contributed by atoms with van der Waals surface area (Å²) in [7, 11) is 0. The zero-order valence-corrected chi connectivity index (χ0v) is 17.7. The summed E-state index contributed by atoms with van der Waals surface area (Å²) < 4.78 is 13.1. The lowest BCUT2D eigenvalue weighted by Crippen LogP contribution is -2.07. The van der Waals surface area contributed by atoms with Gasteiger partial charge in [-0.1, -0.05) is 0 Å². The van der Waals surface area contributed by atoms with E-state index in [1.165, 1.54) is 0 Å². The predicted molar refractivity (Wildman–Crippen MR) is 111 cm³/mol. The van der Waals surface area contributed by atoms with Gasteiger partial charge in [0.15, 0.2) is 0 Å². The summed E-state index contributed by atoms with van der Waals surface area (Å²) in [4.78, 5) is 4.89. The highest BCUT2D eigenvalue weighted by molar-refractivity contribution is 5.93. The average Bonchev–Trinajstić information content (AvgIpc) is 3.30. The molecule has 10 heteroatoms. The molecule has 0 aliphatic rings. The highest BCUT2D eigenvalue weighted by Gasteiger charge is 2.20. The zero-order chi connectivity index (χ0) is 21.3. The molecule has 1 N–H and O–H groups in total. The Morgan fingerprint density at radius 2 is 2.03 bits per heavy atom. The van der Waals surface area contributed by atoms with Crippen molar-refractivity contribution in [2.45, 2.75) is 47.2 Å². The van der Waals surface area contributed by atoms with Crippen molar-refractivity contribution in [2.24, 2.45) is 0 Å². The topological polar surface area (TPSA) is 117 Å². The standard InChI is InChI=1S/C20H24N8O2/c1-6-29-20-14(7-8-22-26-20)15-9-16(21-10-17-25-24-13(5)30-17)19-18(23-15)12(4)27-28(19)11(2)3/h7-9,11H,6,10H2,1-5H3,(H,21,23). The maximum absolute atomic E-state index is 5.66. The van der Waals surface area contributed by atoms with Gasteiger partial charge in [-0.3, -0.25) is 4.68 Å². The van der Waals surface area contributed by atoms with Crippen LogP contribution in [0.15, 0.2) is 22.7 Å². The smallest absolute Gasteiger partial charge is 0.242 e. The van der Waals surface area contributed by atoms with Gasteiger partial charge in [-0.05, 0) is 39.8 Å². The molecule has 0 radical (unpaired) electrons. The number of pyridine rings is 1. The molecular formula is C20H24N8O2. The monoisotopic (exact) mass is 408 g/mol. The Morgan fingerprint density at radius 1 is 1.20 bits per heavy atom. The van der Waals surface area contributed by atoms with Crippen molar-refractivity contribution >= 4 is 16.7 Å². The Morgan fingerprint density at radius 3 is 2.73 bits per heavy atom. The van der Waals surface area contributed by atoms with Crippen molar-refractivity contribution in [3.63, 3.8) is 0 Å². The molecule has 0 unspecified atom stereocenters. The molecule has 0 bridgehead atoms. The second-order valence-electron chi connectivity index (χ2n) is 7.13. The normalized spacial score (nSPS) is 11.4. The number of rotatable bonds is 7. The number of nitrogens with one attached hydrogen (secondary N) is 1. The molecule has 0 saturated heterocycles. The predicted octanol–water partition coefficient (Wildman–Crippen LogP) is 3.48. The number of anilines is 1. The van der Waals surface area contributed by atoms with Gasteiger partial charge in [0.1, 0.15) is 11.0 Å². The molecule has 0 aromatic carbocycles. The molecular weight excluding hydrogens is 384 g/mol. The van der Waals surface area contributed by atoms with Gasteiger partial charge in [0, 0.05) is 13.0 Å². The van der Waals surface area contributed by atoms with E-state index in [9.17, 15) is 0 Å². The van der Waals surface area contributed by atoms with Crippen LogP contribution < -0.4 is 10.1 Å². The lowest BCUT2D eigenvalue weighted by Gasteiger charge is -2.14. The van der Waals surface area contributed by atoms with Crippen molar-refractivity contribution in [3.8, 4) is 17.1 Å². The van der Waals surface area contributed by atoms with E-state index in [-0.39, 0.29) is 6.04 Å². The van der Waals surface area contributed by atoms with Gasteiger partial charge in [0.2, 0.25) is 17.7 Å². The number of nitrogens with zero attached hydrogens (tertiary/aromatic N) is 7. The van der Waals surface area contributed by atoms with Crippen LogP contribution in [0.4, 0.5) is 5.69 Å². The van der Waals surface area contributed by atoms with Gasteiger partial charge in [-0.15, -0.1) is 15.3 Å². The molecule has 0 aliphatic heterocycles. The second-order valence-corrected chi connectivity index (χ2v) is 7.13. The Labute approximate surface area is 173 Å². The van der Waals surface area contributed by atoms with E-state index in [1.54, 1.807) is 13.1 Å². The lowest BCUT2D eigenvalue weighted by molar-refractivity contribution is 0.324. The summed E-state index contributed by atoms with van der Waals surface area (Å²) in [5.74, 6) is 1.48. The van der Waals surface area contributed by atoms with E-state index < -0.39 is 0 Å². The van der Waals surface area contributed by atoms with Crippen molar-refractivity contribution in [1.82, 2.24) is 35.2 Å². The second kappa shape index (κ2) is 8.05. The highest BCUT2D eigenvalue weighted by Crippen LogP contribution is 2.34. The summed E-state index contributed by atoms with van der Waals surface area (Å²) in [5, 5.41) is 24.1. The van der Waals surface area contributed by atoms with E-state index in [4.69, 9.17) is 19.2 Å². The third-order valence-corrected chi connectivity index (χ3v) is 4.55. The minimum absolute atomic E-state index is 0.168. The molecule has 0 atom stereocenters. The highest BCUT2D eigenvalue weighted by atomic mass is 16.5. The minimum Gasteiger partial charge on any atom is -0.476 e. The maximum Gasteiger partial charge on any atom is 0.242 e. The summed E-state index contributed by atoms with van der Waals surface area (Å²) in [6, 6.07) is 3.98. The van der Waals surface area contributed by atoms with Crippen molar-refractivity contribution in [1.29, 1.82) is 0 Å². The molecule has 0 fully saturated rings. The summed E-state index contributed by atoms with van der Waals surface area (Å²) in [6.07, 6.45) is 1.63. The number of aryl methyl sites for hydroxylation is 2. The van der Waals surface area contributed by atoms with Crippen LogP contribution in [0.25, 0.3) is 22.3 Å². The van der Waals surface area contributed by atoms with Crippen molar-refractivity contribution in [2.75, 3.05) is 11.9 Å². The summed E-state index contributed by atoms with van der Waals surface area (Å²) >= 11 is 0. The molecule has 10 nitrogen and oxygen atoms in total. The molecule has 0 aliphatic carbocycles. The molecule has 0 saturated carbocycles. The Bertz CT molecular complexity index is 1180. The van der Waals surface area contributed by atoms with Gasteiger partial charge in [0.05, 0.1) is 42.0 Å². The first-order valence-electron chi connectivity index (χ1n) is 9.85. The van der Waals surface area contributed by atoms with E-state index in [0.717, 1.165) is 33.7 Å². The largest absolute Gasteiger partial charge is 0.476 e. The third-order valence-electron chi connectivity index (χ3n) is 4.55. The zero-order valence-electron chi connectivity index (χ0n) is 17.7. The quantitative estimate of drug-likeness (QED) is 0.490. The minimum atomic E-state index is 0.168. The molecule has 156 valence electrons.